The summed E-state index contributed by atoms with van der Waals surface area (Å²) >= 11 is 14.1. The van der Waals surface area contributed by atoms with Crippen molar-refractivity contribution >= 4 is 63.2 Å². The number of rotatable bonds is 6. The fourth-order valence-electron chi connectivity index (χ4n) is 2.90. The monoisotopic (exact) mass is 514 g/mol. The van der Waals surface area contributed by atoms with Crippen molar-refractivity contribution in [1.82, 2.24) is 9.71 Å². The fraction of sp³-hybridized carbons (Fsp3) is 0.474. The van der Waals surface area contributed by atoms with Gasteiger partial charge in [0.15, 0.2) is 5.13 Å². The molecule has 0 aliphatic heterocycles. The van der Waals surface area contributed by atoms with Gasteiger partial charge in [0.25, 0.3) is 0 Å². The second-order valence-electron chi connectivity index (χ2n) is 6.86. The maximum Gasteiger partial charge on any atom is 0.389 e. The molecule has 12 heteroatoms. The molecule has 31 heavy (non-hydrogen) atoms. The number of alkyl halides is 3. The topological polar surface area (TPSA) is 94.0 Å². The van der Waals surface area contributed by atoms with Crippen LogP contribution in [0, 0.1) is 0 Å². The maximum absolute atomic E-state index is 12.2. The van der Waals surface area contributed by atoms with Crippen LogP contribution in [-0.4, -0.2) is 28.7 Å². The van der Waals surface area contributed by atoms with Crippen LogP contribution in [0.2, 0.25) is 10.0 Å². The van der Waals surface area contributed by atoms with E-state index in [9.17, 15) is 18.0 Å². The number of aromatic nitrogens is 1. The molecule has 5 N–H and O–H groups in total. The summed E-state index contributed by atoms with van der Waals surface area (Å²) in [6.45, 7) is 0. The van der Waals surface area contributed by atoms with Gasteiger partial charge in [-0.1, -0.05) is 71.8 Å². The molecule has 0 unspecified atom stereocenters. The highest BCUT2D eigenvalue weighted by molar-refractivity contribution is 7.97. The van der Waals surface area contributed by atoms with Gasteiger partial charge in [-0.05, 0) is 25.0 Å². The van der Waals surface area contributed by atoms with Gasteiger partial charge in [0.05, 0.1) is 22.0 Å². The van der Waals surface area contributed by atoms with Crippen LogP contribution < -0.4 is 16.2 Å². The van der Waals surface area contributed by atoms with Crippen molar-refractivity contribution in [3.05, 3.63) is 38.7 Å². The van der Waals surface area contributed by atoms with E-state index in [-0.39, 0.29) is 43.0 Å². The van der Waals surface area contributed by atoms with Crippen molar-refractivity contribution in [2.45, 2.75) is 50.7 Å². The van der Waals surface area contributed by atoms with Gasteiger partial charge in [-0.2, -0.15) is 13.2 Å². The number of hydrogen-bond acceptors (Lipinski definition) is 7. The highest BCUT2D eigenvalue weighted by Crippen LogP contribution is 2.31. The predicted molar refractivity (Wildman–Crippen MR) is 124 cm³/mol. The van der Waals surface area contributed by atoms with E-state index in [0.717, 1.165) is 24.2 Å². The highest BCUT2D eigenvalue weighted by Gasteiger charge is 2.26. The zero-order valence-corrected chi connectivity index (χ0v) is 19.6. The molecule has 0 saturated heterocycles. The lowest BCUT2D eigenvalue weighted by Crippen LogP contribution is -2.26. The zero-order chi connectivity index (χ0) is 23.0. The van der Waals surface area contributed by atoms with E-state index in [1.54, 1.807) is 18.2 Å². The van der Waals surface area contributed by atoms with Crippen LogP contribution in [0.3, 0.4) is 0 Å². The van der Waals surface area contributed by atoms with Gasteiger partial charge in [0.1, 0.15) is 10.7 Å². The number of nitrogens with two attached hydrogens (primary N) is 2. The van der Waals surface area contributed by atoms with Crippen molar-refractivity contribution < 1.29 is 18.0 Å². The third-order valence-corrected chi connectivity index (χ3v) is 6.85. The van der Waals surface area contributed by atoms with Crippen molar-refractivity contribution in [2.24, 2.45) is 0 Å². The molecule has 1 saturated carbocycles. The minimum Gasteiger partial charge on any atom is -0.382 e. The Morgan fingerprint density at radius 1 is 1.19 bits per heavy atom. The average molecular weight is 515 g/mol. The van der Waals surface area contributed by atoms with Gasteiger partial charge < -0.3 is 11.5 Å². The third kappa shape index (κ3) is 8.69. The molecule has 172 valence electrons. The predicted octanol–water partition coefficient (Wildman–Crippen LogP) is 6.35. The van der Waals surface area contributed by atoms with Crippen molar-refractivity contribution in [2.75, 3.05) is 17.2 Å². The van der Waals surface area contributed by atoms with E-state index in [2.05, 4.69) is 9.71 Å². The standard InChI is InChI=1S/C10H7Cl2N3OS.C9H16F3NS/c11-4-2-1-3-5(12)6(4)7(16)8-9(13)15-10(14)17-8;10-9(11,12)6-7-14-13-8-4-2-1-3-5-8/h1-3H,13H2,(H2,14,15);8,13H,1-7H2. The van der Waals surface area contributed by atoms with Crippen molar-refractivity contribution in [3.8, 4) is 0 Å². The van der Waals surface area contributed by atoms with Gasteiger partial charge in [-0.3, -0.25) is 9.52 Å². The number of carbonyl (C=O) groups is 1. The molecule has 0 radical (unpaired) electrons. The minimum absolute atomic E-state index is 0.0912. The molecule has 2 aromatic rings. The molecule has 3 rings (SSSR count). The number of nitrogen functional groups attached to an aromatic ring is 2. The van der Waals surface area contributed by atoms with Crippen LogP contribution in [-0.2, 0) is 0 Å². The lowest BCUT2D eigenvalue weighted by atomic mass is 9.96. The number of anilines is 2. The smallest absolute Gasteiger partial charge is 0.382 e. The van der Waals surface area contributed by atoms with Crippen molar-refractivity contribution in [1.29, 1.82) is 0 Å². The van der Waals surface area contributed by atoms with E-state index in [4.69, 9.17) is 34.7 Å². The Balaban J connectivity index is 0.000000225. The molecule has 5 nitrogen and oxygen atoms in total. The van der Waals surface area contributed by atoms with Crippen LogP contribution in [0.5, 0.6) is 0 Å². The van der Waals surface area contributed by atoms with E-state index in [0.29, 0.717) is 6.04 Å². The molecular weight excluding hydrogens is 492 g/mol. The first-order chi connectivity index (χ1) is 14.6. The number of ketones is 1. The molecule has 0 bridgehead atoms. The summed E-state index contributed by atoms with van der Waals surface area (Å²) in [4.78, 5) is 16.2. The summed E-state index contributed by atoms with van der Waals surface area (Å²) in [7, 11) is 0. The lowest BCUT2D eigenvalue weighted by Gasteiger charge is -2.22. The molecule has 0 atom stereocenters. The van der Waals surface area contributed by atoms with E-state index >= 15 is 0 Å². The third-order valence-electron chi connectivity index (χ3n) is 4.41. The second kappa shape index (κ2) is 12.2. The van der Waals surface area contributed by atoms with Gasteiger partial charge in [-0.15, -0.1) is 0 Å². The summed E-state index contributed by atoms with van der Waals surface area (Å²) in [5.41, 5.74) is 11.3. The van der Waals surface area contributed by atoms with Crippen LogP contribution in [0.15, 0.2) is 18.2 Å². The SMILES string of the molecule is FC(F)(F)CCSNC1CCCCC1.Nc1nc(N)c(C(=O)c2c(Cl)cccc2Cl)s1. The van der Waals surface area contributed by atoms with Crippen molar-refractivity contribution in [3.63, 3.8) is 0 Å². The molecule has 1 aliphatic rings. The fourth-order valence-corrected chi connectivity index (χ4v) is 5.09. The zero-order valence-electron chi connectivity index (χ0n) is 16.5. The van der Waals surface area contributed by atoms with Gasteiger partial charge in [-0.25, -0.2) is 4.98 Å². The maximum atomic E-state index is 12.2. The number of benzene rings is 1. The number of nitrogens with one attached hydrogen (secondary N) is 1. The first-order valence-corrected chi connectivity index (χ1v) is 12.1. The van der Waals surface area contributed by atoms with Crippen LogP contribution >= 0.6 is 46.5 Å². The number of carbonyl (C=O) groups excluding carboxylic acids is 1. The Labute approximate surface area is 197 Å². The normalized spacial score (nSPS) is 14.7. The average Bonchev–Trinajstić information content (AvgIpc) is 3.04. The minimum atomic E-state index is -4.01. The number of thiazole rings is 1. The van der Waals surface area contributed by atoms with Gasteiger partial charge in [0, 0.05) is 11.8 Å². The Morgan fingerprint density at radius 2 is 1.81 bits per heavy atom. The van der Waals surface area contributed by atoms with Gasteiger partial charge in [0.2, 0.25) is 5.78 Å². The van der Waals surface area contributed by atoms with E-state index in [1.807, 2.05) is 0 Å². The highest BCUT2D eigenvalue weighted by atomic mass is 35.5. The summed E-state index contributed by atoms with van der Waals surface area (Å²) < 4.78 is 38.5. The molecule has 1 fully saturated rings. The molecule has 1 heterocycles. The van der Waals surface area contributed by atoms with Crippen LogP contribution in [0.4, 0.5) is 24.1 Å². The quantitative estimate of drug-likeness (QED) is 0.236. The molecule has 0 spiro atoms. The Bertz CT molecular complexity index is 854. The number of hydrogen-bond donors (Lipinski definition) is 3. The first-order valence-electron chi connectivity index (χ1n) is 9.53. The van der Waals surface area contributed by atoms with E-state index < -0.39 is 12.6 Å². The number of halogens is 5. The lowest BCUT2D eigenvalue weighted by molar-refractivity contribution is -0.129. The molecular formula is C19H23Cl2F3N4OS2. The second-order valence-corrected chi connectivity index (χ2v) is 9.64. The Hall–Kier alpha value is -1.20. The van der Waals surface area contributed by atoms with Crippen LogP contribution in [0.1, 0.15) is 53.8 Å². The Kier molecular flexibility index (Phi) is 10.2. The summed E-state index contributed by atoms with van der Waals surface area (Å²) in [5, 5.41) is 0.775. The first kappa shape index (κ1) is 26.1. The largest absolute Gasteiger partial charge is 0.389 e. The van der Waals surface area contributed by atoms with Gasteiger partial charge >= 0.3 is 6.18 Å². The Morgan fingerprint density at radius 3 is 2.32 bits per heavy atom. The molecule has 0 amide bonds. The molecule has 1 aromatic heterocycles. The molecule has 1 aliphatic carbocycles. The molecule has 1 aromatic carbocycles. The summed E-state index contributed by atoms with van der Waals surface area (Å²) in [5.74, 6) is -0.152. The van der Waals surface area contributed by atoms with Crippen LogP contribution in [0.25, 0.3) is 0 Å². The van der Waals surface area contributed by atoms with E-state index in [1.165, 1.54) is 31.2 Å². The number of nitrogens with zero attached hydrogens (tertiary/aromatic N) is 1. The summed E-state index contributed by atoms with van der Waals surface area (Å²) in [6, 6.07) is 5.26. The summed E-state index contributed by atoms with van der Waals surface area (Å²) in [6.07, 6.45) is 1.19.